The number of ether oxygens (including phenoxy) is 2. The molecular formula is C9H19BO2. The second-order valence-corrected chi connectivity index (χ2v) is 4.02. The third-order valence-electron chi connectivity index (χ3n) is 2.79. The highest BCUT2D eigenvalue weighted by Crippen LogP contribution is 2.30. The summed E-state index contributed by atoms with van der Waals surface area (Å²) < 4.78 is 11.5. The van der Waals surface area contributed by atoms with Crippen LogP contribution >= 0.6 is 0 Å². The molecule has 1 aliphatic rings. The molecule has 0 aromatic carbocycles. The van der Waals surface area contributed by atoms with Crippen LogP contribution in [0.5, 0.6) is 0 Å². The monoisotopic (exact) mass is 170 g/mol. The third-order valence-corrected chi connectivity index (χ3v) is 2.79. The number of hydrogen-bond acceptors (Lipinski definition) is 2. The summed E-state index contributed by atoms with van der Waals surface area (Å²) in [7, 11) is 2.08. The van der Waals surface area contributed by atoms with Gasteiger partial charge in [-0.3, -0.25) is 0 Å². The smallest absolute Gasteiger partial charge is 0.142 e. The third kappa shape index (κ3) is 1.83. The number of rotatable bonds is 2. The Morgan fingerprint density at radius 1 is 1.58 bits per heavy atom. The Balaban J connectivity index is 2.64. The zero-order valence-electron chi connectivity index (χ0n) is 8.59. The molecule has 1 rings (SSSR count). The van der Waals surface area contributed by atoms with E-state index in [1.54, 1.807) is 0 Å². The fraction of sp³-hybridized carbons (Fsp3) is 1.00. The van der Waals surface area contributed by atoms with Crippen molar-refractivity contribution in [3.8, 4) is 0 Å². The van der Waals surface area contributed by atoms with E-state index in [4.69, 9.17) is 9.47 Å². The van der Waals surface area contributed by atoms with E-state index in [2.05, 4.69) is 28.6 Å². The molecular weight excluding hydrogens is 151 g/mol. The first-order chi connectivity index (χ1) is 5.60. The predicted octanol–water partition coefficient (Wildman–Crippen LogP) is 0.797. The van der Waals surface area contributed by atoms with Crippen LogP contribution in [-0.2, 0) is 9.47 Å². The van der Waals surface area contributed by atoms with E-state index < -0.39 is 0 Å². The van der Waals surface area contributed by atoms with Crippen LogP contribution in [0.3, 0.4) is 0 Å². The molecule has 0 amide bonds. The summed E-state index contributed by atoms with van der Waals surface area (Å²) in [6, 6.07) is 0.251. The fourth-order valence-corrected chi connectivity index (χ4v) is 1.76. The Hall–Kier alpha value is -0.0151. The van der Waals surface area contributed by atoms with Crippen LogP contribution in [0.25, 0.3) is 0 Å². The maximum absolute atomic E-state index is 5.96. The first kappa shape index (κ1) is 10.1. The Morgan fingerprint density at radius 2 is 2.25 bits per heavy atom. The fourth-order valence-electron chi connectivity index (χ4n) is 1.76. The van der Waals surface area contributed by atoms with E-state index in [1.165, 1.54) is 0 Å². The zero-order chi connectivity index (χ0) is 9.19. The zero-order valence-corrected chi connectivity index (χ0v) is 8.59. The quantitative estimate of drug-likeness (QED) is 0.570. The Morgan fingerprint density at radius 3 is 2.58 bits per heavy atom. The molecule has 0 spiro atoms. The summed E-state index contributed by atoms with van der Waals surface area (Å²) in [5.74, 6) is 0.533. The molecule has 1 saturated heterocycles. The predicted molar refractivity (Wildman–Crippen MR) is 52.1 cm³/mol. The molecule has 1 aliphatic heterocycles. The second kappa shape index (κ2) is 3.80. The van der Waals surface area contributed by atoms with Crippen LogP contribution in [0.1, 0.15) is 27.2 Å². The van der Waals surface area contributed by atoms with Gasteiger partial charge in [0.2, 0.25) is 0 Å². The van der Waals surface area contributed by atoms with E-state index in [-0.39, 0.29) is 11.6 Å². The summed E-state index contributed by atoms with van der Waals surface area (Å²) in [6.07, 6.45) is 1.04. The van der Waals surface area contributed by atoms with Crippen molar-refractivity contribution in [1.29, 1.82) is 0 Å². The van der Waals surface area contributed by atoms with Crippen molar-refractivity contribution in [2.75, 3.05) is 13.2 Å². The maximum Gasteiger partial charge on any atom is 0.142 e. The second-order valence-electron chi connectivity index (χ2n) is 4.02. The van der Waals surface area contributed by atoms with Gasteiger partial charge >= 0.3 is 0 Å². The molecule has 2 nitrogen and oxygen atoms in total. The van der Waals surface area contributed by atoms with Gasteiger partial charge in [0, 0.05) is 6.00 Å². The Kier molecular flexibility index (Phi) is 3.19. The highest BCUT2D eigenvalue weighted by atomic mass is 16.6. The molecule has 0 aromatic rings. The molecule has 0 N–H and O–H groups in total. The standard InChI is InChI=1S/C9H19BO2/c1-4-9(7(2)3)6-11-5-8(10)12-9/h7-8H,4-6,10H2,1-3H3/t8-,9-/m1/s1. The average Bonchev–Trinajstić information content (AvgIpc) is 2.04. The van der Waals surface area contributed by atoms with E-state index in [9.17, 15) is 0 Å². The molecule has 0 saturated carbocycles. The van der Waals surface area contributed by atoms with Crippen molar-refractivity contribution in [3.63, 3.8) is 0 Å². The van der Waals surface area contributed by atoms with Gasteiger partial charge < -0.3 is 9.47 Å². The van der Waals surface area contributed by atoms with Gasteiger partial charge in [0.1, 0.15) is 7.85 Å². The minimum atomic E-state index is -0.0301. The topological polar surface area (TPSA) is 18.5 Å². The maximum atomic E-state index is 5.96. The van der Waals surface area contributed by atoms with Crippen molar-refractivity contribution >= 4 is 7.85 Å². The minimum Gasteiger partial charge on any atom is -0.377 e. The van der Waals surface area contributed by atoms with Crippen LogP contribution in [0.15, 0.2) is 0 Å². The van der Waals surface area contributed by atoms with Gasteiger partial charge in [-0.2, -0.15) is 0 Å². The SMILES string of the molecule is B[C@H]1COC[C@](CC)(C(C)C)O1. The van der Waals surface area contributed by atoms with Crippen molar-refractivity contribution in [2.45, 2.75) is 38.8 Å². The van der Waals surface area contributed by atoms with Gasteiger partial charge in [-0.15, -0.1) is 0 Å². The molecule has 0 aromatic heterocycles. The molecule has 12 heavy (non-hydrogen) atoms. The van der Waals surface area contributed by atoms with E-state index >= 15 is 0 Å². The Bertz CT molecular complexity index is 149. The summed E-state index contributed by atoms with van der Waals surface area (Å²) in [5, 5.41) is 0. The van der Waals surface area contributed by atoms with Gasteiger partial charge in [-0.05, 0) is 12.3 Å². The molecule has 0 bridgehead atoms. The summed E-state index contributed by atoms with van der Waals surface area (Å²) in [5.41, 5.74) is -0.0301. The van der Waals surface area contributed by atoms with Gasteiger partial charge in [0.25, 0.3) is 0 Å². The van der Waals surface area contributed by atoms with Crippen LogP contribution < -0.4 is 0 Å². The highest BCUT2D eigenvalue weighted by Gasteiger charge is 2.37. The van der Waals surface area contributed by atoms with Crippen molar-refractivity contribution < 1.29 is 9.47 Å². The normalized spacial score (nSPS) is 37.2. The first-order valence-corrected chi connectivity index (χ1v) is 4.86. The van der Waals surface area contributed by atoms with E-state index in [0.717, 1.165) is 19.6 Å². The van der Waals surface area contributed by atoms with Crippen molar-refractivity contribution in [2.24, 2.45) is 5.92 Å². The lowest BCUT2D eigenvalue weighted by Crippen LogP contribution is -2.50. The highest BCUT2D eigenvalue weighted by molar-refractivity contribution is 6.11. The molecule has 0 aliphatic carbocycles. The van der Waals surface area contributed by atoms with E-state index in [0.29, 0.717) is 5.92 Å². The van der Waals surface area contributed by atoms with E-state index in [1.807, 2.05) is 0 Å². The van der Waals surface area contributed by atoms with Gasteiger partial charge in [-0.25, -0.2) is 0 Å². The lowest BCUT2D eigenvalue weighted by Gasteiger charge is -2.42. The molecule has 70 valence electrons. The van der Waals surface area contributed by atoms with Gasteiger partial charge in [0.15, 0.2) is 0 Å². The van der Waals surface area contributed by atoms with Crippen LogP contribution in [-0.4, -0.2) is 32.7 Å². The van der Waals surface area contributed by atoms with Crippen LogP contribution in [0.2, 0.25) is 0 Å². The molecule has 1 heterocycles. The van der Waals surface area contributed by atoms with Crippen LogP contribution in [0, 0.1) is 5.92 Å². The summed E-state index contributed by atoms with van der Waals surface area (Å²) >= 11 is 0. The van der Waals surface area contributed by atoms with Gasteiger partial charge in [0.05, 0.1) is 18.8 Å². The minimum absolute atomic E-state index is 0.0301. The lowest BCUT2D eigenvalue weighted by atomic mass is 9.85. The molecule has 0 radical (unpaired) electrons. The summed E-state index contributed by atoms with van der Waals surface area (Å²) in [4.78, 5) is 0. The summed E-state index contributed by atoms with van der Waals surface area (Å²) in [6.45, 7) is 8.07. The van der Waals surface area contributed by atoms with Crippen LogP contribution in [0.4, 0.5) is 0 Å². The molecule has 1 fully saturated rings. The first-order valence-electron chi connectivity index (χ1n) is 4.86. The molecule has 3 heteroatoms. The molecule has 2 atom stereocenters. The molecule has 0 unspecified atom stereocenters. The lowest BCUT2D eigenvalue weighted by molar-refractivity contribution is -0.194. The van der Waals surface area contributed by atoms with Crippen molar-refractivity contribution in [3.05, 3.63) is 0 Å². The van der Waals surface area contributed by atoms with Crippen molar-refractivity contribution in [1.82, 2.24) is 0 Å². The average molecular weight is 170 g/mol. The van der Waals surface area contributed by atoms with Gasteiger partial charge in [-0.1, -0.05) is 20.8 Å². The Labute approximate surface area is 76.0 Å². The largest absolute Gasteiger partial charge is 0.377 e. The number of hydrogen-bond donors (Lipinski definition) is 0.